The molecule has 0 aliphatic carbocycles. The first-order valence-corrected chi connectivity index (χ1v) is 6.55. The van der Waals surface area contributed by atoms with Gasteiger partial charge in [0.05, 0.1) is 11.9 Å². The van der Waals surface area contributed by atoms with Crippen LogP contribution in [-0.4, -0.2) is 25.2 Å². The molecule has 1 N–H and O–H groups in total. The molecule has 0 amide bonds. The molecule has 5 heteroatoms. The maximum absolute atomic E-state index is 11.4. The van der Waals surface area contributed by atoms with E-state index >= 15 is 0 Å². The molecular weight excluding hydrogens is 200 g/mol. The number of nitrogens with one attached hydrogen (secondary N) is 1. The van der Waals surface area contributed by atoms with Gasteiger partial charge in [0, 0.05) is 12.2 Å². The number of nitrogens with zero attached hydrogens (tertiary/aromatic N) is 1. The van der Waals surface area contributed by atoms with Crippen LogP contribution in [0.2, 0.25) is 0 Å². The number of hydrogen-bond donors (Lipinski definition) is 1. The summed E-state index contributed by atoms with van der Waals surface area (Å²) in [6.07, 6.45) is 4.95. The Morgan fingerprint density at radius 2 is 2.36 bits per heavy atom. The van der Waals surface area contributed by atoms with Crippen molar-refractivity contribution >= 4 is 10.0 Å². The lowest BCUT2D eigenvalue weighted by atomic mass is 10.2. The SMILES string of the molecule is CS(=O)(=O)n1cccc1C1CCCN1. The van der Waals surface area contributed by atoms with Crippen LogP contribution in [0.5, 0.6) is 0 Å². The van der Waals surface area contributed by atoms with Crippen LogP contribution in [0.15, 0.2) is 18.3 Å². The molecule has 2 heterocycles. The van der Waals surface area contributed by atoms with Crippen molar-refractivity contribution in [2.24, 2.45) is 0 Å². The van der Waals surface area contributed by atoms with Crippen molar-refractivity contribution < 1.29 is 8.42 Å². The Morgan fingerprint density at radius 3 is 2.93 bits per heavy atom. The van der Waals surface area contributed by atoms with Gasteiger partial charge in [-0.3, -0.25) is 0 Å². The Bertz CT molecular complexity index is 416. The van der Waals surface area contributed by atoms with Crippen molar-refractivity contribution in [2.45, 2.75) is 18.9 Å². The van der Waals surface area contributed by atoms with Crippen LogP contribution in [0.4, 0.5) is 0 Å². The van der Waals surface area contributed by atoms with E-state index in [0.29, 0.717) is 0 Å². The third kappa shape index (κ3) is 1.69. The van der Waals surface area contributed by atoms with Gasteiger partial charge in [-0.15, -0.1) is 0 Å². The summed E-state index contributed by atoms with van der Waals surface area (Å²) in [7, 11) is -3.15. The van der Waals surface area contributed by atoms with Crippen LogP contribution in [-0.2, 0) is 10.0 Å². The van der Waals surface area contributed by atoms with E-state index in [2.05, 4.69) is 5.32 Å². The lowest BCUT2D eigenvalue weighted by Gasteiger charge is -2.12. The molecule has 0 aromatic carbocycles. The standard InChI is InChI=1S/C9H14N2O2S/c1-14(12,13)11-7-3-5-9(11)8-4-2-6-10-8/h3,5,7-8,10H,2,4,6H2,1H3. The molecule has 1 fully saturated rings. The zero-order valence-electron chi connectivity index (χ0n) is 8.10. The lowest BCUT2D eigenvalue weighted by Crippen LogP contribution is -2.20. The fourth-order valence-corrected chi connectivity index (χ4v) is 2.75. The molecule has 4 nitrogen and oxygen atoms in total. The summed E-state index contributed by atoms with van der Waals surface area (Å²) < 4.78 is 24.2. The highest BCUT2D eigenvalue weighted by molar-refractivity contribution is 7.89. The summed E-state index contributed by atoms with van der Waals surface area (Å²) in [4.78, 5) is 0. The molecule has 0 bridgehead atoms. The molecule has 1 aliphatic rings. The van der Waals surface area contributed by atoms with Gasteiger partial charge in [0.25, 0.3) is 0 Å². The maximum atomic E-state index is 11.4. The minimum absolute atomic E-state index is 0.194. The number of hydrogen-bond acceptors (Lipinski definition) is 3. The predicted molar refractivity (Wildman–Crippen MR) is 54.7 cm³/mol. The Labute approximate surface area is 84.0 Å². The van der Waals surface area contributed by atoms with Crippen LogP contribution in [0.3, 0.4) is 0 Å². The summed E-state index contributed by atoms with van der Waals surface area (Å²) in [5.41, 5.74) is 0.852. The largest absolute Gasteiger partial charge is 0.309 e. The Hall–Kier alpha value is -0.810. The average molecular weight is 214 g/mol. The van der Waals surface area contributed by atoms with Crippen LogP contribution in [0, 0.1) is 0 Å². The third-order valence-electron chi connectivity index (χ3n) is 2.52. The highest BCUT2D eigenvalue weighted by atomic mass is 32.2. The van der Waals surface area contributed by atoms with Crippen LogP contribution < -0.4 is 5.32 Å². The van der Waals surface area contributed by atoms with Gasteiger partial charge in [0.2, 0.25) is 10.0 Å². The topological polar surface area (TPSA) is 51.1 Å². The smallest absolute Gasteiger partial charge is 0.235 e. The quantitative estimate of drug-likeness (QED) is 0.789. The zero-order valence-corrected chi connectivity index (χ0v) is 8.92. The van der Waals surface area contributed by atoms with Gasteiger partial charge in [-0.25, -0.2) is 12.4 Å². The van der Waals surface area contributed by atoms with Crippen molar-refractivity contribution in [1.29, 1.82) is 0 Å². The molecule has 0 radical (unpaired) electrons. The molecule has 1 aromatic rings. The van der Waals surface area contributed by atoms with Crippen molar-refractivity contribution in [3.63, 3.8) is 0 Å². The van der Waals surface area contributed by atoms with Crippen LogP contribution in [0.1, 0.15) is 24.6 Å². The van der Waals surface area contributed by atoms with E-state index in [1.807, 2.05) is 6.07 Å². The number of aromatic nitrogens is 1. The molecule has 0 spiro atoms. The van der Waals surface area contributed by atoms with Gasteiger partial charge >= 0.3 is 0 Å². The van der Waals surface area contributed by atoms with Crippen LogP contribution in [0.25, 0.3) is 0 Å². The van der Waals surface area contributed by atoms with E-state index in [0.717, 1.165) is 25.1 Å². The Kier molecular flexibility index (Phi) is 2.36. The van der Waals surface area contributed by atoms with E-state index in [-0.39, 0.29) is 6.04 Å². The van der Waals surface area contributed by atoms with Crippen molar-refractivity contribution in [1.82, 2.24) is 9.29 Å². The average Bonchev–Trinajstić information content (AvgIpc) is 2.73. The molecule has 0 saturated carbocycles. The second-order valence-corrected chi connectivity index (χ2v) is 5.50. The molecule has 1 saturated heterocycles. The summed E-state index contributed by atoms with van der Waals surface area (Å²) in [5, 5.41) is 3.29. The lowest BCUT2D eigenvalue weighted by molar-refractivity contribution is 0.577. The van der Waals surface area contributed by atoms with Gasteiger partial charge < -0.3 is 5.32 Å². The molecule has 1 unspecified atom stereocenters. The molecule has 1 atom stereocenters. The van der Waals surface area contributed by atoms with Gasteiger partial charge in [-0.1, -0.05) is 0 Å². The fourth-order valence-electron chi connectivity index (χ4n) is 1.89. The summed E-state index contributed by atoms with van der Waals surface area (Å²) >= 11 is 0. The van der Waals surface area contributed by atoms with Gasteiger partial charge in [-0.2, -0.15) is 0 Å². The predicted octanol–water partition coefficient (Wildman–Crippen LogP) is 0.720. The summed E-state index contributed by atoms with van der Waals surface area (Å²) in [5.74, 6) is 0. The fraction of sp³-hybridized carbons (Fsp3) is 0.556. The molecule has 14 heavy (non-hydrogen) atoms. The Morgan fingerprint density at radius 1 is 1.57 bits per heavy atom. The first kappa shape index (κ1) is 9.73. The monoisotopic (exact) mass is 214 g/mol. The van der Waals surface area contributed by atoms with Gasteiger partial charge in [0.1, 0.15) is 0 Å². The van der Waals surface area contributed by atoms with E-state index in [1.165, 1.54) is 10.2 Å². The Balaban J connectivity index is 2.39. The van der Waals surface area contributed by atoms with E-state index < -0.39 is 10.0 Å². The zero-order chi connectivity index (χ0) is 10.2. The highest BCUT2D eigenvalue weighted by Gasteiger charge is 2.21. The minimum Gasteiger partial charge on any atom is -0.309 e. The van der Waals surface area contributed by atoms with E-state index in [4.69, 9.17) is 0 Å². The van der Waals surface area contributed by atoms with Crippen molar-refractivity contribution in [3.05, 3.63) is 24.0 Å². The third-order valence-corrected chi connectivity index (χ3v) is 3.56. The van der Waals surface area contributed by atoms with Gasteiger partial charge in [0.15, 0.2) is 0 Å². The summed E-state index contributed by atoms with van der Waals surface area (Å²) in [6, 6.07) is 3.83. The normalized spacial score (nSPS) is 22.8. The van der Waals surface area contributed by atoms with Crippen molar-refractivity contribution in [3.8, 4) is 0 Å². The summed E-state index contributed by atoms with van der Waals surface area (Å²) in [6.45, 7) is 0.972. The van der Waals surface area contributed by atoms with Crippen molar-refractivity contribution in [2.75, 3.05) is 12.8 Å². The molecular formula is C9H14N2O2S. The molecule has 1 aromatic heterocycles. The maximum Gasteiger partial charge on any atom is 0.235 e. The molecule has 78 valence electrons. The first-order chi connectivity index (χ1) is 6.59. The second kappa shape index (κ2) is 3.40. The molecule has 1 aliphatic heterocycles. The second-order valence-electron chi connectivity index (χ2n) is 3.64. The number of rotatable bonds is 2. The van der Waals surface area contributed by atoms with Crippen LogP contribution >= 0.6 is 0 Å². The molecule has 2 rings (SSSR count). The van der Waals surface area contributed by atoms with E-state index in [1.54, 1.807) is 12.3 Å². The van der Waals surface area contributed by atoms with E-state index in [9.17, 15) is 8.42 Å². The highest BCUT2D eigenvalue weighted by Crippen LogP contribution is 2.24. The minimum atomic E-state index is -3.15. The first-order valence-electron chi connectivity index (χ1n) is 4.70. The van der Waals surface area contributed by atoms with Gasteiger partial charge in [-0.05, 0) is 31.5 Å².